The summed E-state index contributed by atoms with van der Waals surface area (Å²) in [5.41, 5.74) is -0.321. The minimum Gasteiger partial charge on any atom is -0.339 e. The molecule has 2 fully saturated rings. The molecule has 8 nitrogen and oxygen atoms in total. The van der Waals surface area contributed by atoms with Gasteiger partial charge in [-0.15, -0.1) is 0 Å². The lowest BCUT2D eigenvalue weighted by Gasteiger charge is -2.28. The Hall–Kier alpha value is -1.96. The highest BCUT2D eigenvalue weighted by atomic mass is 35.5. The van der Waals surface area contributed by atoms with Gasteiger partial charge in [-0.1, -0.05) is 19.8 Å². The van der Waals surface area contributed by atoms with Crippen molar-refractivity contribution >= 4 is 29.1 Å². The fraction of sp³-hybridized carbons (Fsp3) is 0.667. The summed E-state index contributed by atoms with van der Waals surface area (Å²) in [5.74, 6) is -0.325. The van der Waals surface area contributed by atoms with Crippen molar-refractivity contribution < 1.29 is 14.6 Å². The monoisotopic (exact) mass is 354 g/mol. The van der Waals surface area contributed by atoms with Crippen molar-refractivity contribution in [3.05, 3.63) is 21.6 Å². The molecular weight excluding hydrogens is 336 g/mol. The van der Waals surface area contributed by atoms with Gasteiger partial charge in [-0.2, -0.15) is 10.0 Å². The van der Waals surface area contributed by atoms with Gasteiger partial charge in [-0.3, -0.25) is 10.1 Å². The van der Waals surface area contributed by atoms with Crippen molar-refractivity contribution in [3.63, 3.8) is 0 Å². The summed E-state index contributed by atoms with van der Waals surface area (Å²) in [5, 5.41) is 12.5. The number of rotatable bonds is 6. The summed E-state index contributed by atoms with van der Waals surface area (Å²) in [6.45, 7) is 1.83. The fourth-order valence-corrected chi connectivity index (χ4v) is 3.16. The standard InChI is InChI=1S/C15H19ClN4O4/c1-9(10-6-7-10)14(21)24-19(11-4-2-3-5-11)13-12(20(22)23)8-17-15(16)18-13/h8-11H,2-7H2,1H3/t9-/m1/s1. The first-order valence-electron chi connectivity index (χ1n) is 8.15. The van der Waals surface area contributed by atoms with Crippen LogP contribution in [0.25, 0.3) is 0 Å². The maximum absolute atomic E-state index is 12.4. The second-order valence-electron chi connectivity index (χ2n) is 6.41. The highest BCUT2D eigenvalue weighted by Gasteiger charge is 2.38. The highest BCUT2D eigenvalue weighted by Crippen LogP contribution is 2.39. The van der Waals surface area contributed by atoms with E-state index in [4.69, 9.17) is 16.4 Å². The summed E-state index contributed by atoms with van der Waals surface area (Å²) in [6.07, 6.45) is 6.59. The van der Waals surface area contributed by atoms with Crippen LogP contribution in [0.3, 0.4) is 0 Å². The Morgan fingerprint density at radius 3 is 2.67 bits per heavy atom. The molecule has 2 saturated carbocycles. The van der Waals surface area contributed by atoms with Crippen molar-refractivity contribution in [3.8, 4) is 0 Å². The van der Waals surface area contributed by atoms with Crippen molar-refractivity contribution in [2.75, 3.05) is 5.06 Å². The lowest BCUT2D eigenvalue weighted by Crippen LogP contribution is -2.38. The summed E-state index contributed by atoms with van der Waals surface area (Å²) in [6, 6.07) is -0.134. The number of nitro groups is 1. The molecule has 2 aliphatic rings. The van der Waals surface area contributed by atoms with E-state index in [1.54, 1.807) is 0 Å². The number of nitrogens with zero attached hydrogens (tertiary/aromatic N) is 4. The minimum absolute atomic E-state index is 0.0525. The maximum atomic E-state index is 12.4. The Balaban J connectivity index is 1.91. The Morgan fingerprint density at radius 2 is 2.08 bits per heavy atom. The van der Waals surface area contributed by atoms with Crippen LogP contribution in [0.1, 0.15) is 45.4 Å². The van der Waals surface area contributed by atoms with Crippen LogP contribution in [0.5, 0.6) is 0 Å². The van der Waals surface area contributed by atoms with Crippen LogP contribution in [0.2, 0.25) is 5.28 Å². The van der Waals surface area contributed by atoms with Crippen LogP contribution in [0, 0.1) is 22.0 Å². The summed E-state index contributed by atoms with van der Waals surface area (Å²) >= 11 is 5.82. The number of anilines is 1. The van der Waals surface area contributed by atoms with Gasteiger partial charge in [0.15, 0.2) is 0 Å². The second-order valence-corrected chi connectivity index (χ2v) is 6.74. The average molecular weight is 355 g/mol. The van der Waals surface area contributed by atoms with Crippen LogP contribution in [-0.4, -0.2) is 26.9 Å². The zero-order valence-electron chi connectivity index (χ0n) is 13.4. The van der Waals surface area contributed by atoms with Crippen LogP contribution in [-0.2, 0) is 9.63 Å². The van der Waals surface area contributed by atoms with E-state index in [0.29, 0.717) is 5.92 Å². The number of carbonyl (C=O) groups excluding carboxylic acids is 1. The SMILES string of the molecule is C[C@@H](C(=O)ON(c1nc(Cl)ncc1[N+](=O)[O-])C1CCCC1)C1CC1. The van der Waals surface area contributed by atoms with E-state index in [-0.39, 0.29) is 34.7 Å². The highest BCUT2D eigenvalue weighted by molar-refractivity contribution is 6.28. The molecule has 1 atom stereocenters. The normalized spacial score (nSPS) is 19.1. The van der Waals surface area contributed by atoms with Crippen molar-refractivity contribution in [1.29, 1.82) is 0 Å². The zero-order valence-corrected chi connectivity index (χ0v) is 14.1. The third-order valence-electron chi connectivity index (χ3n) is 4.67. The van der Waals surface area contributed by atoms with Gasteiger partial charge in [0.25, 0.3) is 0 Å². The Bertz CT molecular complexity index is 646. The predicted octanol–water partition coefficient (Wildman–Crippen LogP) is 3.29. The van der Waals surface area contributed by atoms with Crippen LogP contribution in [0.15, 0.2) is 6.20 Å². The molecule has 1 heterocycles. The molecule has 0 bridgehead atoms. The smallest absolute Gasteiger partial charge is 0.335 e. The molecule has 0 amide bonds. The largest absolute Gasteiger partial charge is 0.339 e. The third-order valence-corrected chi connectivity index (χ3v) is 4.85. The number of carbonyl (C=O) groups is 1. The number of hydrogen-bond donors (Lipinski definition) is 0. The van der Waals surface area contributed by atoms with Crippen molar-refractivity contribution in [2.24, 2.45) is 11.8 Å². The van der Waals surface area contributed by atoms with Gasteiger partial charge in [-0.05, 0) is 43.2 Å². The average Bonchev–Trinajstić information content (AvgIpc) is 3.26. The first kappa shape index (κ1) is 16.9. The molecule has 1 aromatic heterocycles. The van der Waals surface area contributed by atoms with Gasteiger partial charge >= 0.3 is 11.7 Å². The molecule has 0 spiro atoms. The molecule has 2 aliphatic carbocycles. The maximum Gasteiger partial charge on any atom is 0.335 e. The molecule has 0 aromatic carbocycles. The lowest BCUT2D eigenvalue weighted by molar-refractivity contribution is -0.384. The molecule has 0 unspecified atom stereocenters. The first-order valence-corrected chi connectivity index (χ1v) is 8.53. The van der Waals surface area contributed by atoms with Crippen molar-refractivity contribution in [1.82, 2.24) is 9.97 Å². The zero-order chi connectivity index (χ0) is 17.3. The Kier molecular flexibility index (Phi) is 4.84. The molecule has 0 saturated heterocycles. The molecule has 0 radical (unpaired) electrons. The number of hydrogen-bond acceptors (Lipinski definition) is 7. The van der Waals surface area contributed by atoms with E-state index < -0.39 is 4.92 Å². The van der Waals surface area contributed by atoms with Gasteiger partial charge < -0.3 is 4.84 Å². The van der Waals surface area contributed by atoms with E-state index in [2.05, 4.69) is 9.97 Å². The van der Waals surface area contributed by atoms with E-state index in [1.807, 2.05) is 6.92 Å². The summed E-state index contributed by atoms with van der Waals surface area (Å²) < 4.78 is 0. The van der Waals surface area contributed by atoms with Crippen molar-refractivity contribution in [2.45, 2.75) is 51.5 Å². The first-order chi connectivity index (χ1) is 11.5. The summed E-state index contributed by atoms with van der Waals surface area (Å²) in [4.78, 5) is 36.3. The third kappa shape index (κ3) is 3.58. The van der Waals surface area contributed by atoms with Gasteiger partial charge in [0.05, 0.1) is 16.9 Å². The van der Waals surface area contributed by atoms with Crippen LogP contribution >= 0.6 is 11.6 Å². The topological polar surface area (TPSA) is 98.5 Å². The lowest BCUT2D eigenvalue weighted by atomic mass is 10.1. The van der Waals surface area contributed by atoms with Gasteiger partial charge in [0.1, 0.15) is 6.20 Å². The number of aromatic nitrogens is 2. The molecule has 24 heavy (non-hydrogen) atoms. The van der Waals surface area contributed by atoms with Gasteiger partial charge in [-0.25, -0.2) is 9.78 Å². The Morgan fingerprint density at radius 1 is 1.42 bits per heavy atom. The molecule has 0 aliphatic heterocycles. The van der Waals surface area contributed by atoms with Crippen LogP contribution in [0.4, 0.5) is 11.5 Å². The molecular formula is C15H19ClN4O4. The van der Waals surface area contributed by atoms with E-state index in [9.17, 15) is 14.9 Å². The van der Waals surface area contributed by atoms with E-state index in [1.165, 1.54) is 5.06 Å². The molecule has 3 rings (SSSR count). The molecule has 9 heteroatoms. The van der Waals surface area contributed by atoms with Crippen LogP contribution < -0.4 is 5.06 Å². The minimum atomic E-state index is -0.591. The van der Waals surface area contributed by atoms with E-state index >= 15 is 0 Å². The van der Waals surface area contributed by atoms with E-state index in [0.717, 1.165) is 44.7 Å². The number of halogens is 1. The quantitative estimate of drug-likeness (QED) is 0.439. The summed E-state index contributed by atoms with van der Waals surface area (Å²) in [7, 11) is 0. The predicted molar refractivity (Wildman–Crippen MR) is 86.4 cm³/mol. The Labute approximate surface area is 144 Å². The van der Waals surface area contributed by atoms with Gasteiger partial charge in [0.2, 0.25) is 11.1 Å². The fourth-order valence-electron chi connectivity index (χ4n) is 3.03. The second kappa shape index (κ2) is 6.88. The molecule has 130 valence electrons. The molecule has 0 N–H and O–H groups in total. The number of hydroxylamine groups is 1. The van der Waals surface area contributed by atoms with Gasteiger partial charge in [0, 0.05) is 0 Å². The molecule has 1 aromatic rings.